The third kappa shape index (κ3) is 2.14. The fraction of sp³-hybridized carbons (Fsp3) is 0.833. The molecular weight excluding hydrogens is 158 g/mol. The standard InChI is InChI=1S/C12H23N/c1-11(2,3)12(4,5)13-9-7-6-8-10-13/h6-7H,8-10H2,1-5H3. The molecular formula is C12H23N. The largest absolute Gasteiger partial charge is 0.294 e. The van der Waals surface area contributed by atoms with Crippen LogP contribution in [0.1, 0.15) is 41.0 Å². The van der Waals surface area contributed by atoms with Crippen LogP contribution in [0, 0.1) is 5.41 Å². The Morgan fingerprint density at radius 3 is 2.00 bits per heavy atom. The summed E-state index contributed by atoms with van der Waals surface area (Å²) in [6, 6.07) is 0. The van der Waals surface area contributed by atoms with E-state index in [-0.39, 0.29) is 5.54 Å². The van der Waals surface area contributed by atoms with Gasteiger partial charge in [-0.25, -0.2) is 0 Å². The minimum absolute atomic E-state index is 0.289. The molecule has 0 N–H and O–H groups in total. The van der Waals surface area contributed by atoms with Crippen LogP contribution in [0.15, 0.2) is 12.2 Å². The van der Waals surface area contributed by atoms with Gasteiger partial charge < -0.3 is 0 Å². The van der Waals surface area contributed by atoms with Crippen molar-refractivity contribution < 1.29 is 0 Å². The average Bonchev–Trinajstić information content (AvgIpc) is 2.04. The Morgan fingerprint density at radius 1 is 1.00 bits per heavy atom. The van der Waals surface area contributed by atoms with Gasteiger partial charge in [0.05, 0.1) is 0 Å². The molecule has 0 unspecified atom stereocenters. The minimum Gasteiger partial charge on any atom is -0.294 e. The summed E-state index contributed by atoms with van der Waals surface area (Å²) in [6.45, 7) is 14.0. The second kappa shape index (κ2) is 3.45. The van der Waals surface area contributed by atoms with Crippen LogP contribution in [0.25, 0.3) is 0 Å². The van der Waals surface area contributed by atoms with Crippen molar-refractivity contribution in [3.8, 4) is 0 Å². The van der Waals surface area contributed by atoms with E-state index in [4.69, 9.17) is 0 Å². The fourth-order valence-corrected chi connectivity index (χ4v) is 1.62. The summed E-state index contributed by atoms with van der Waals surface area (Å²) < 4.78 is 0. The van der Waals surface area contributed by atoms with Gasteiger partial charge in [0, 0.05) is 18.6 Å². The zero-order valence-electron chi connectivity index (χ0n) is 9.72. The van der Waals surface area contributed by atoms with E-state index in [1.54, 1.807) is 0 Å². The maximum absolute atomic E-state index is 2.58. The van der Waals surface area contributed by atoms with Gasteiger partial charge in [-0.2, -0.15) is 0 Å². The highest BCUT2D eigenvalue weighted by atomic mass is 15.2. The van der Waals surface area contributed by atoms with Gasteiger partial charge in [0.2, 0.25) is 0 Å². The molecule has 1 aliphatic heterocycles. The molecule has 1 rings (SSSR count). The highest BCUT2D eigenvalue weighted by molar-refractivity contribution is 5.00. The Bertz CT molecular complexity index is 196. The normalized spacial score (nSPS) is 20.7. The Kier molecular flexibility index (Phi) is 2.86. The Balaban J connectivity index is 2.74. The molecule has 0 aromatic rings. The molecule has 1 aliphatic rings. The van der Waals surface area contributed by atoms with Crippen LogP contribution in [-0.4, -0.2) is 23.5 Å². The lowest BCUT2D eigenvalue weighted by Gasteiger charge is -2.48. The molecule has 0 fully saturated rings. The van der Waals surface area contributed by atoms with E-state index < -0.39 is 0 Å². The van der Waals surface area contributed by atoms with Crippen LogP contribution in [-0.2, 0) is 0 Å². The van der Waals surface area contributed by atoms with E-state index in [2.05, 4.69) is 51.7 Å². The summed E-state index contributed by atoms with van der Waals surface area (Å²) in [5.41, 5.74) is 0.635. The maximum Gasteiger partial charge on any atom is 0.0204 e. The van der Waals surface area contributed by atoms with Gasteiger partial charge in [-0.05, 0) is 25.7 Å². The van der Waals surface area contributed by atoms with Gasteiger partial charge in [0.1, 0.15) is 0 Å². The molecule has 0 radical (unpaired) electrons. The topological polar surface area (TPSA) is 3.24 Å². The Morgan fingerprint density at radius 2 is 1.62 bits per heavy atom. The first-order valence-corrected chi connectivity index (χ1v) is 5.26. The van der Waals surface area contributed by atoms with Crippen molar-refractivity contribution in [2.75, 3.05) is 13.1 Å². The van der Waals surface area contributed by atoms with E-state index in [0.717, 1.165) is 6.54 Å². The first-order chi connectivity index (χ1) is 5.86. The lowest BCUT2D eigenvalue weighted by Crippen LogP contribution is -2.53. The van der Waals surface area contributed by atoms with Crippen molar-refractivity contribution in [1.29, 1.82) is 0 Å². The molecule has 0 aliphatic carbocycles. The van der Waals surface area contributed by atoms with Crippen LogP contribution >= 0.6 is 0 Å². The van der Waals surface area contributed by atoms with Crippen molar-refractivity contribution in [2.45, 2.75) is 46.6 Å². The molecule has 1 heteroatoms. The number of nitrogens with zero attached hydrogens (tertiary/aromatic N) is 1. The van der Waals surface area contributed by atoms with E-state index >= 15 is 0 Å². The van der Waals surface area contributed by atoms with Gasteiger partial charge in [0.25, 0.3) is 0 Å². The fourth-order valence-electron chi connectivity index (χ4n) is 1.62. The maximum atomic E-state index is 2.58. The summed E-state index contributed by atoms with van der Waals surface area (Å²) in [7, 11) is 0. The summed E-state index contributed by atoms with van der Waals surface area (Å²) >= 11 is 0. The first-order valence-electron chi connectivity index (χ1n) is 5.26. The molecule has 76 valence electrons. The molecule has 0 amide bonds. The van der Waals surface area contributed by atoms with Crippen molar-refractivity contribution in [1.82, 2.24) is 4.90 Å². The quantitative estimate of drug-likeness (QED) is 0.562. The zero-order valence-corrected chi connectivity index (χ0v) is 9.72. The first kappa shape index (κ1) is 10.8. The summed E-state index contributed by atoms with van der Waals surface area (Å²) in [4.78, 5) is 2.58. The van der Waals surface area contributed by atoms with E-state index in [1.807, 2.05) is 0 Å². The number of hydrogen-bond acceptors (Lipinski definition) is 1. The number of rotatable bonds is 1. The van der Waals surface area contributed by atoms with Gasteiger partial charge >= 0.3 is 0 Å². The molecule has 1 heterocycles. The van der Waals surface area contributed by atoms with Gasteiger partial charge in [-0.3, -0.25) is 4.90 Å². The molecule has 0 saturated carbocycles. The van der Waals surface area contributed by atoms with Crippen LogP contribution < -0.4 is 0 Å². The number of hydrogen-bond donors (Lipinski definition) is 0. The Labute approximate surface area is 82.8 Å². The summed E-state index contributed by atoms with van der Waals surface area (Å²) in [6.07, 6.45) is 5.78. The molecule has 0 aromatic carbocycles. The second-order valence-electron chi connectivity index (χ2n) is 5.52. The lowest BCUT2D eigenvalue weighted by molar-refractivity contribution is 0.0295. The predicted molar refractivity (Wildman–Crippen MR) is 58.9 cm³/mol. The third-order valence-electron chi connectivity index (χ3n) is 3.68. The monoisotopic (exact) mass is 181 g/mol. The van der Waals surface area contributed by atoms with Crippen molar-refractivity contribution >= 4 is 0 Å². The smallest absolute Gasteiger partial charge is 0.0204 e. The molecule has 0 aromatic heterocycles. The van der Waals surface area contributed by atoms with E-state index in [9.17, 15) is 0 Å². The van der Waals surface area contributed by atoms with Crippen LogP contribution in [0.5, 0.6) is 0 Å². The van der Waals surface area contributed by atoms with E-state index in [1.165, 1.54) is 13.0 Å². The van der Waals surface area contributed by atoms with Crippen LogP contribution in [0.2, 0.25) is 0 Å². The summed E-state index contributed by atoms with van der Waals surface area (Å²) in [5, 5.41) is 0. The predicted octanol–water partition coefficient (Wildman–Crippen LogP) is 3.07. The van der Waals surface area contributed by atoms with Crippen molar-refractivity contribution in [2.24, 2.45) is 5.41 Å². The Hall–Kier alpha value is -0.300. The second-order valence-corrected chi connectivity index (χ2v) is 5.52. The minimum atomic E-state index is 0.289. The van der Waals surface area contributed by atoms with E-state index in [0.29, 0.717) is 5.41 Å². The molecule has 0 spiro atoms. The van der Waals surface area contributed by atoms with Crippen molar-refractivity contribution in [3.05, 3.63) is 12.2 Å². The SMILES string of the molecule is CC(C)(C)C(C)(C)N1CC=CCC1. The average molecular weight is 181 g/mol. The summed E-state index contributed by atoms with van der Waals surface area (Å²) in [5.74, 6) is 0. The van der Waals surface area contributed by atoms with Crippen molar-refractivity contribution in [3.63, 3.8) is 0 Å². The van der Waals surface area contributed by atoms with Crippen LogP contribution in [0.4, 0.5) is 0 Å². The molecule has 0 saturated heterocycles. The molecule has 0 bridgehead atoms. The third-order valence-corrected chi connectivity index (χ3v) is 3.68. The zero-order chi connectivity index (χ0) is 10.1. The molecule has 0 atom stereocenters. The highest BCUT2D eigenvalue weighted by Crippen LogP contribution is 2.35. The van der Waals surface area contributed by atoms with Gasteiger partial charge in [-0.15, -0.1) is 0 Å². The molecule has 13 heavy (non-hydrogen) atoms. The lowest BCUT2D eigenvalue weighted by atomic mass is 9.74. The van der Waals surface area contributed by atoms with Gasteiger partial charge in [-0.1, -0.05) is 32.9 Å². The molecule has 1 nitrogen and oxygen atoms in total. The highest BCUT2D eigenvalue weighted by Gasteiger charge is 2.37. The van der Waals surface area contributed by atoms with Gasteiger partial charge in [0.15, 0.2) is 0 Å². The van der Waals surface area contributed by atoms with Crippen LogP contribution in [0.3, 0.4) is 0 Å².